The van der Waals surface area contributed by atoms with Gasteiger partial charge >= 0.3 is 10.2 Å². The van der Waals surface area contributed by atoms with Gasteiger partial charge in [-0.05, 0) is 62.7 Å². The van der Waals surface area contributed by atoms with Crippen molar-refractivity contribution < 1.29 is 17.9 Å². The van der Waals surface area contributed by atoms with Crippen LogP contribution >= 0.6 is 0 Å². The first-order valence-corrected chi connectivity index (χ1v) is 11.9. The Morgan fingerprint density at radius 3 is 2.45 bits per heavy atom. The van der Waals surface area contributed by atoms with Gasteiger partial charge in [-0.1, -0.05) is 18.2 Å². The maximum atomic E-state index is 12.6. The number of anilines is 2. The zero-order valence-corrected chi connectivity index (χ0v) is 19.5. The third-order valence-electron chi connectivity index (χ3n) is 5.82. The van der Waals surface area contributed by atoms with E-state index < -0.39 is 10.2 Å². The molecule has 0 radical (unpaired) electrons. The second-order valence-electron chi connectivity index (χ2n) is 7.89. The molecule has 0 bridgehead atoms. The largest absolute Gasteiger partial charge is 0.496 e. The van der Waals surface area contributed by atoms with Crippen LogP contribution in [0.3, 0.4) is 0 Å². The minimum atomic E-state index is -3.52. The molecule has 1 heterocycles. The average molecular weight is 446 g/mol. The lowest BCUT2D eigenvalue weighted by Gasteiger charge is -2.17. The van der Waals surface area contributed by atoms with Crippen molar-refractivity contribution in [1.29, 1.82) is 0 Å². The van der Waals surface area contributed by atoms with Crippen molar-refractivity contribution >= 4 is 27.4 Å². The van der Waals surface area contributed by atoms with E-state index >= 15 is 0 Å². The van der Waals surface area contributed by atoms with E-state index in [4.69, 9.17) is 4.74 Å². The van der Waals surface area contributed by atoms with E-state index in [9.17, 15) is 13.2 Å². The number of ether oxygens (including phenoxy) is 1. The number of benzene rings is 2. The molecular weight excluding hydrogens is 414 g/mol. The van der Waals surface area contributed by atoms with Crippen LogP contribution in [0.5, 0.6) is 5.75 Å². The number of carbonyl (C=O) groups excluding carboxylic acids is 1. The summed E-state index contributed by atoms with van der Waals surface area (Å²) in [5.41, 5.74) is 2.89. The van der Waals surface area contributed by atoms with E-state index in [-0.39, 0.29) is 5.78 Å². The molecule has 1 aliphatic rings. The molecule has 0 saturated carbocycles. The van der Waals surface area contributed by atoms with Gasteiger partial charge < -0.3 is 9.64 Å². The van der Waals surface area contributed by atoms with Gasteiger partial charge in [0.1, 0.15) is 5.75 Å². The van der Waals surface area contributed by atoms with E-state index in [0.717, 1.165) is 38.1 Å². The number of hydrogen-bond donors (Lipinski definition) is 0. The fraction of sp³-hybridized carbons (Fsp3) is 0.435. The van der Waals surface area contributed by atoms with Crippen LogP contribution in [0, 0.1) is 0 Å². The molecule has 1 aliphatic heterocycles. The highest BCUT2D eigenvalue weighted by molar-refractivity contribution is 7.94. The normalized spacial score (nSPS) is 14.7. The zero-order valence-electron chi connectivity index (χ0n) is 18.7. The lowest BCUT2D eigenvalue weighted by Crippen LogP contribution is -2.32. The summed E-state index contributed by atoms with van der Waals surface area (Å²) in [6, 6.07) is 13.2. The highest BCUT2D eigenvalue weighted by Crippen LogP contribution is 2.39. The van der Waals surface area contributed by atoms with Gasteiger partial charge in [-0.15, -0.1) is 0 Å². The summed E-state index contributed by atoms with van der Waals surface area (Å²) < 4.78 is 32.3. The number of rotatable bonds is 10. The molecule has 0 amide bonds. The number of nitrogens with zero attached hydrogens (tertiary/aromatic N) is 3. The molecule has 168 valence electrons. The molecule has 2 aromatic rings. The number of hydrogen-bond acceptors (Lipinski definition) is 5. The minimum absolute atomic E-state index is 0.0415. The topological polar surface area (TPSA) is 70.2 Å². The molecular formula is C23H31N3O4S. The third kappa shape index (κ3) is 5.02. The maximum absolute atomic E-state index is 12.6. The van der Waals surface area contributed by atoms with Crippen LogP contribution in [0.15, 0.2) is 42.5 Å². The molecule has 0 aliphatic carbocycles. The Bertz CT molecular complexity index is 1040. The van der Waals surface area contributed by atoms with Crippen molar-refractivity contribution in [2.24, 2.45) is 0 Å². The molecule has 0 atom stereocenters. The standard InChI is InChI=1S/C23H31N3O4S/c1-24(16-14-18-9-5-6-11-23(18)30-4)15-8-7-10-22(27)19-12-13-20-21(17-19)26(3)31(28,29)25(20)2/h5-6,9,11-13,17H,7-8,10,14-16H2,1-4H3. The Morgan fingerprint density at radius 2 is 1.71 bits per heavy atom. The van der Waals surface area contributed by atoms with E-state index in [1.54, 1.807) is 25.3 Å². The van der Waals surface area contributed by atoms with E-state index in [0.29, 0.717) is 23.4 Å². The summed E-state index contributed by atoms with van der Waals surface area (Å²) in [5.74, 6) is 0.959. The highest BCUT2D eigenvalue weighted by atomic mass is 32.2. The average Bonchev–Trinajstić information content (AvgIpc) is 2.95. The van der Waals surface area contributed by atoms with Gasteiger partial charge in [0.2, 0.25) is 0 Å². The number of fused-ring (bicyclic) bond motifs is 1. The molecule has 0 spiro atoms. The SMILES string of the molecule is COc1ccccc1CCN(C)CCCCC(=O)c1ccc2c(c1)N(C)S(=O)(=O)N2C. The molecule has 0 aromatic heterocycles. The van der Waals surface area contributed by atoms with Gasteiger partial charge in [0, 0.05) is 32.6 Å². The smallest absolute Gasteiger partial charge is 0.326 e. The Morgan fingerprint density at radius 1 is 1.00 bits per heavy atom. The zero-order chi connectivity index (χ0) is 22.6. The van der Waals surface area contributed by atoms with Crippen LogP contribution in [0.4, 0.5) is 11.4 Å². The van der Waals surface area contributed by atoms with Crippen LogP contribution in [0.2, 0.25) is 0 Å². The molecule has 0 unspecified atom stereocenters. The summed E-state index contributed by atoms with van der Waals surface area (Å²) in [6.07, 6.45) is 3.09. The van der Waals surface area contributed by atoms with Crippen molar-refractivity contribution in [3.8, 4) is 5.75 Å². The Kier molecular flexibility index (Phi) is 7.23. The first kappa shape index (κ1) is 23.1. The summed E-state index contributed by atoms with van der Waals surface area (Å²) in [4.78, 5) is 14.9. The van der Waals surface area contributed by atoms with E-state index in [2.05, 4.69) is 18.0 Å². The van der Waals surface area contributed by atoms with Crippen LogP contribution in [0.1, 0.15) is 35.2 Å². The van der Waals surface area contributed by atoms with Crippen LogP contribution in [-0.2, 0) is 16.6 Å². The summed E-state index contributed by atoms with van der Waals surface area (Å²) in [5, 5.41) is 0. The monoisotopic (exact) mass is 445 g/mol. The predicted molar refractivity (Wildman–Crippen MR) is 125 cm³/mol. The van der Waals surface area contributed by atoms with Crippen LogP contribution < -0.4 is 13.3 Å². The highest BCUT2D eigenvalue weighted by Gasteiger charge is 2.35. The summed E-state index contributed by atoms with van der Waals surface area (Å²) in [7, 11) is 3.28. The Labute approximate surface area is 185 Å². The number of ketones is 1. The molecule has 0 N–H and O–H groups in total. The van der Waals surface area contributed by atoms with Gasteiger partial charge in [0.05, 0.1) is 18.5 Å². The van der Waals surface area contributed by atoms with Crippen LogP contribution in [0.25, 0.3) is 0 Å². The molecule has 31 heavy (non-hydrogen) atoms. The Hall–Kier alpha value is -2.58. The number of likely N-dealkylation sites (N-methyl/N-ethyl adjacent to an activating group) is 1. The number of carbonyl (C=O) groups is 1. The molecule has 0 fully saturated rings. The second kappa shape index (κ2) is 9.70. The van der Waals surface area contributed by atoms with Gasteiger partial charge in [-0.25, -0.2) is 0 Å². The van der Waals surface area contributed by atoms with Crippen molar-refractivity contribution in [2.75, 3.05) is 50.0 Å². The summed E-state index contributed by atoms with van der Waals surface area (Å²) in [6.45, 7) is 1.84. The number of methoxy groups -OCH3 is 1. The molecule has 2 aromatic carbocycles. The molecule has 7 nitrogen and oxygen atoms in total. The third-order valence-corrected chi connectivity index (χ3v) is 7.59. The molecule has 0 saturated heterocycles. The maximum Gasteiger partial charge on any atom is 0.326 e. The number of Topliss-reactive ketones (excluding diaryl/α,β-unsaturated/α-hetero) is 1. The molecule has 3 rings (SSSR count). The van der Waals surface area contributed by atoms with Crippen molar-refractivity contribution in [1.82, 2.24) is 4.90 Å². The first-order chi connectivity index (χ1) is 14.8. The van der Waals surface area contributed by atoms with E-state index in [1.807, 2.05) is 18.2 Å². The lowest BCUT2D eigenvalue weighted by molar-refractivity contribution is 0.0978. The Balaban J connectivity index is 1.45. The minimum Gasteiger partial charge on any atom is -0.496 e. The van der Waals surface area contributed by atoms with E-state index in [1.165, 1.54) is 28.3 Å². The number of para-hydroxylation sites is 1. The lowest BCUT2D eigenvalue weighted by atomic mass is 10.0. The second-order valence-corrected chi connectivity index (χ2v) is 9.88. The predicted octanol–water partition coefficient (Wildman–Crippen LogP) is 3.35. The summed E-state index contributed by atoms with van der Waals surface area (Å²) >= 11 is 0. The fourth-order valence-electron chi connectivity index (χ4n) is 3.79. The van der Waals surface area contributed by atoms with Gasteiger partial charge in [-0.2, -0.15) is 8.42 Å². The quantitative estimate of drug-likeness (QED) is 0.414. The van der Waals surface area contributed by atoms with Crippen LogP contribution in [-0.4, -0.2) is 60.4 Å². The fourth-order valence-corrected chi connectivity index (χ4v) is 4.96. The van der Waals surface area contributed by atoms with Crippen molar-refractivity contribution in [3.05, 3.63) is 53.6 Å². The van der Waals surface area contributed by atoms with Crippen molar-refractivity contribution in [3.63, 3.8) is 0 Å². The number of unbranched alkanes of at least 4 members (excludes halogenated alkanes) is 1. The van der Waals surface area contributed by atoms with Gasteiger partial charge in [0.25, 0.3) is 0 Å². The van der Waals surface area contributed by atoms with Crippen molar-refractivity contribution in [2.45, 2.75) is 25.7 Å². The van der Waals surface area contributed by atoms with Gasteiger partial charge in [-0.3, -0.25) is 13.4 Å². The molecule has 8 heteroatoms. The first-order valence-electron chi connectivity index (χ1n) is 10.5. The van der Waals surface area contributed by atoms with Gasteiger partial charge in [0.15, 0.2) is 5.78 Å².